The molecule has 3 nitrogen and oxygen atoms in total. The Hall–Kier alpha value is -4.21. The molecule has 4 aromatic heterocycles. The third kappa shape index (κ3) is 4.10. The van der Waals surface area contributed by atoms with Crippen molar-refractivity contribution in [1.82, 2.24) is 14.5 Å². The number of nitrogens with zero attached hydrogens (tertiary/aromatic N) is 3. The Kier molecular flexibility index (Phi) is 6.48. The quantitative estimate of drug-likeness (QED) is 0.142. The van der Waals surface area contributed by atoms with Crippen molar-refractivity contribution in [3.8, 4) is 17.1 Å². The summed E-state index contributed by atoms with van der Waals surface area (Å²) in [6.07, 6.45) is 2.09. The summed E-state index contributed by atoms with van der Waals surface area (Å²) in [5, 5.41) is 4.33. The Labute approximate surface area is 253 Å². The molecule has 0 saturated heterocycles. The largest absolute Gasteiger partial charge is 2.00 e. The van der Waals surface area contributed by atoms with Crippen LogP contribution in [0.25, 0.3) is 59.1 Å². The summed E-state index contributed by atoms with van der Waals surface area (Å²) < 4.78 is 21.0. The Bertz CT molecular complexity index is 2190. The van der Waals surface area contributed by atoms with Crippen molar-refractivity contribution in [2.75, 3.05) is 0 Å². The molecule has 41 heavy (non-hydrogen) atoms. The molecule has 0 N–H and O–H groups in total. The van der Waals surface area contributed by atoms with E-state index in [1.165, 1.54) is 0 Å². The number of aromatic nitrogens is 3. The fraction of sp³-hybridized carbons (Fsp3) is 0.0286. The van der Waals surface area contributed by atoms with E-state index in [0.717, 1.165) is 59.1 Å². The number of rotatable bonds is 4. The summed E-state index contributed by atoms with van der Waals surface area (Å²) in [5.74, 6) is 0.772. The fourth-order valence-corrected chi connectivity index (χ4v) is 6.87. The molecule has 4 heterocycles. The number of para-hydroxylation sites is 1. The van der Waals surface area contributed by atoms with Gasteiger partial charge in [-0.2, -0.15) is 0 Å². The van der Waals surface area contributed by atoms with E-state index in [1.54, 1.807) is 29.8 Å². The number of hydrogen-bond donors (Lipinski definition) is 0. The molecule has 8 rings (SSSR count). The zero-order valence-corrected chi connectivity index (χ0v) is 23.9. The molecule has 0 bridgehead atoms. The van der Waals surface area contributed by atoms with Crippen molar-refractivity contribution < 1.29 is 24.8 Å². The van der Waals surface area contributed by atoms with Crippen molar-refractivity contribution in [1.29, 1.82) is 0 Å². The van der Waals surface area contributed by atoms with Crippen molar-refractivity contribution in [2.45, 2.75) is 6.17 Å². The average Bonchev–Trinajstić information content (AvgIpc) is 3.57. The van der Waals surface area contributed by atoms with E-state index in [2.05, 4.69) is 57.0 Å². The molecule has 4 aromatic carbocycles. The Morgan fingerprint density at radius 3 is 2.27 bits per heavy atom. The predicted molar refractivity (Wildman–Crippen MR) is 162 cm³/mol. The minimum Gasteiger partial charge on any atom is -0.319 e. The van der Waals surface area contributed by atoms with Gasteiger partial charge in [0.2, 0.25) is 0 Å². The van der Waals surface area contributed by atoms with E-state index in [0.29, 0.717) is 11.1 Å². The molecule has 1 unspecified atom stereocenters. The summed E-state index contributed by atoms with van der Waals surface area (Å²) in [7, 11) is 0. The van der Waals surface area contributed by atoms with Gasteiger partial charge in [0.05, 0.1) is 0 Å². The maximum Gasteiger partial charge on any atom is 2.00 e. The van der Waals surface area contributed by atoms with Crippen LogP contribution in [0.5, 0.6) is 0 Å². The second-order valence-corrected chi connectivity index (χ2v) is 10.8. The van der Waals surface area contributed by atoms with E-state index in [9.17, 15) is 0 Å². The monoisotopic (exact) mass is 639 g/mol. The predicted octanol–water partition coefficient (Wildman–Crippen LogP) is 9.27. The zero-order valence-electron chi connectivity index (χ0n) is 21.5. The van der Waals surface area contributed by atoms with Crippen LogP contribution in [0.1, 0.15) is 17.3 Å². The van der Waals surface area contributed by atoms with Gasteiger partial charge in [0.25, 0.3) is 0 Å². The molecule has 0 aliphatic rings. The van der Waals surface area contributed by atoms with E-state index in [4.69, 9.17) is 0 Å². The Morgan fingerprint density at radius 1 is 0.707 bits per heavy atom. The summed E-state index contributed by atoms with van der Waals surface area (Å²) >= 11 is 1.62. The van der Waals surface area contributed by atoms with Crippen LogP contribution in [0.3, 0.4) is 0 Å². The molecule has 1 atom stereocenters. The third-order valence-corrected chi connectivity index (χ3v) is 8.59. The van der Waals surface area contributed by atoms with Crippen LogP contribution in [0.4, 0.5) is 4.39 Å². The van der Waals surface area contributed by atoms with Crippen LogP contribution in [0.2, 0.25) is 0 Å². The number of halogens is 1. The normalized spacial score (nSPS) is 12.2. The molecule has 0 spiro atoms. The van der Waals surface area contributed by atoms with Crippen LogP contribution >= 0.6 is 11.3 Å². The van der Waals surface area contributed by atoms with Gasteiger partial charge < -0.3 is 9.55 Å². The summed E-state index contributed by atoms with van der Waals surface area (Å²) in [5.41, 5.74) is 4.32. The number of benzene rings is 4. The van der Waals surface area contributed by atoms with Crippen molar-refractivity contribution in [3.05, 3.63) is 139 Å². The van der Waals surface area contributed by atoms with Crippen molar-refractivity contribution in [3.63, 3.8) is 0 Å². The van der Waals surface area contributed by atoms with E-state index in [1.807, 2.05) is 66.7 Å². The smallest absolute Gasteiger partial charge is 0.319 e. The maximum atomic E-state index is 16.8. The molecule has 0 aliphatic heterocycles. The first kappa shape index (κ1) is 25.7. The number of thiophene rings is 1. The van der Waals surface area contributed by atoms with Gasteiger partial charge in [-0.15, -0.1) is 41.5 Å². The molecule has 0 saturated carbocycles. The van der Waals surface area contributed by atoms with Gasteiger partial charge >= 0.3 is 20.4 Å². The third-order valence-electron chi connectivity index (χ3n) is 7.38. The number of alkyl halides is 1. The minimum atomic E-state index is -1.43. The van der Waals surface area contributed by atoms with Gasteiger partial charge in [-0.25, -0.2) is 20.7 Å². The molecule has 6 heteroatoms. The van der Waals surface area contributed by atoms with Gasteiger partial charge in [0, 0.05) is 22.6 Å². The molecule has 8 aromatic rings. The van der Waals surface area contributed by atoms with Crippen LogP contribution in [-0.2, 0) is 20.4 Å². The van der Waals surface area contributed by atoms with Crippen LogP contribution in [0, 0.1) is 12.1 Å². The second kappa shape index (κ2) is 10.3. The molecule has 0 fully saturated rings. The van der Waals surface area contributed by atoms with Crippen molar-refractivity contribution >= 4 is 53.3 Å². The fourth-order valence-electron chi connectivity index (χ4n) is 5.64. The number of fused-ring (bicyclic) bond motifs is 7. The molecule has 0 radical (unpaired) electrons. The first-order valence-electron chi connectivity index (χ1n) is 13.1. The molecular weight excluding hydrogens is 620 g/mol. The average molecular weight is 640 g/mol. The van der Waals surface area contributed by atoms with Crippen LogP contribution in [0.15, 0.2) is 116 Å². The zero-order chi connectivity index (χ0) is 26.6. The van der Waals surface area contributed by atoms with E-state index >= 15 is 4.39 Å². The summed E-state index contributed by atoms with van der Waals surface area (Å²) in [4.78, 5) is 9.11. The Morgan fingerprint density at radius 2 is 1.46 bits per heavy atom. The van der Waals surface area contributed by atoms with Gasteiger partial charge in [-0.1, -0.05) is 81.1 Å². The summed E-state index contributed by atoms with van der Waals surface area (Å²) in [6.45, 7) is 0. The standard InChI is InChI=1S/C35H20FN3S.Pd/c36-34(23-11-9-10-22(20-23)27-14-5-7-18-37-27)26-21-29-32(33-25-13-2-4-16-30(25)40-35(26)33)24-12-1-3-15-28(24)39(29)31-17-6-8-19-38-31;/h1-19,34H;/q-2;+2. The van der Waals surface area contributed by atoms with Gasteiger partial charge in [0.15, 0.2) is 0 Å². The summed E-state index contributed by atoms with van der Waals surface area (Å²) in [6, 6.07) is 40.6. The molecule has 0 aliphatic carbocycles. The molecular formula is C35H20FN3PdS. The van der Waals surface area contributed by atoms with E-state index in [-0.39, 0.29) is 20.4 Å². The first-order chi connectivity index (χ1) is 19.8. The van der Waals surface area contributed by atoms with Crippen LogP contribution < -0.4 is 0 Å². The molecule has 0 amide bonds. The SMILES string of the molecule is FC(c1[c-]c(-c2ccccn2)ccc1)c1[c-]c2c(c3ccccc3n2-c2ccccn2)c2c1sc1ccccc12.[Pd+2]. The second-order valence-electron chi connectivity index (χ2n) is 9.70. The first-order valence-corrected chi connectivity index (χ1v) is 13.9. The maximum absolute atomic E-state index is 16.8. The topological polar surface area (TPSA) is 30.7 Å². The van der Waals surface area contributed by atoms with Gasteiger partial charge in [0.1, 0.15) is 12.0 Å². The Balaban J connectivity index is 0.00000276. The number of pyridine rings is 2. The van der Waals surface area contributed by atoms with Crippen molar-refractivity contribution in [2.24, 2.45) is 0 Å². The van der Waals surface area contributed by atoms with Gasteiger partial charge in [-0.3, -0.25) is 0 Å². The minimum absolute atomic E-state index is 0. The number of hydrogen-bond acceptors (Lipinski definition) is 3. The molecule has 198 valence electrons. The van der Waals surface area contributed by atoms with E-state index < -0.39 is 6.17 Å². The van der Waals surface area contributed by atoms with Gasteiger partial charge in [-0.05, 0) is 46.8 Å². The van der Waals surface area contributed by atoms with Crippen LogP contribution in [-0.4, -0.2) is 14.5 Å².